The number of halogens is 1. The summed E-state index contributed by atoms with van der Waals surface area (Å²) in [4.78, 5) is 4.30. The summed E-state index contributed by atoms with van der Waals surface area (Å²) in [5, 5.41) is 0.653. The van der Waals surface area contributed by atoms with Gasteiger partial charge in [0, 0.05) is 6.20 Å². The molecule has 1 heterocycles. The van der Waals surface area contributed by atoms with Crippen LogP contribution in [0.4, 0.5) is 0 Å². The third-order valence-corrected chi connectivity index (χ3v) is 3.40. The van der Waals surface area contributed by atoms with Crippen LogP contribution in [0.25, 0.3) is 0 Å². The number of aromatic nitrogens is 1. The van der Waals surface area contributed by atoms with Crippen LogP contribution in [0.3, 0.4) is 0 Å². The zero-order valence-electron chi connectivity index (χ0n) is 11.5. The van der Waals surface area contributed by atoms with Gasteiger partial charge in [0.25, 0.3) is 0 Å². The molecule has 100 valence electrons. The fraction of sp³-hybridized carbons (Fsp3) is 0.312. The second kappa shape index (κ2) is 6.07. The first-order chi connectivity index (χ1) is 9.08. The van der Waals surface area contributed by atoms with Gasteiger partial charge in [-0.2, -0.15) is 0 Å². The van der Waals surface area contributed by atoms with Gasteiger partial charge in [-0.15, -0.1) is 0 Å². The Hall–Kier alpha value is -1.54. The minimum Gasteiger partial charge on any atom is -0.486 e. The van der Waals surface area contributed by atoms with Crippen molar-refractivity contribution in [3.8, 4) is 5.75 Å². The van der Waals surface area contributed by atoms with Crippen molar-refractivity contribution in [1.29, 1.82) is 0 Å². The molecule has 0 aliphatic carbocycles. The summed E-state index contributed by atoms with van der Waals surface area (Å²) in [5.41, 5.74) is 3.27. The topological polar surface area (TPSA) is 22.1 Å². The molecule has 0 spiro atoms. The molecule has 0 unspecified atom stereocenters. The number of aryl methyl sites for hydroxylation is 1. The maximum absolute atomic E-state index is 6.23. The summed E-state index contributed by atoms with van der Waals surface area (Å²) in [5.74, 6) is 1.17. The molecule has 0 saturated carbocycles. The van der Waals surface area contributed by atoms with E-state index in [1.807, 2.05) is 31.2 Å². The van der Waals surface area contributed by atoms with Gasteiger partial charge in [0.1, 0.15) is 12.4 Å². The molecule has 0 aliphatic heterocycles. The number of benzene rings is 1. The molecule has 0 fully saturated rings. The second-order valence-electron chi connectivity index (χ2n) is 4.90. The highest BCUT2D eigenvalue weighted by Crippen LogP contribution is 2.29. The molecule has 0 radical (unpaired) electrons. The van der Waals surface area contributed by atoms with Crippen LogP contribution in [-0.2, 0) is 6.61 Å². The molecule has 1 aromatic carbocycles. The molecule has 0 atom stereocenters. The Labute approximate surface area is 119 Å². The second-order valence-corrected chi connectivity index (χ2v) is 5.31. The Balaban J connectivity index is 2.10. The van der Waals surface area contributed by atoms with Crippen LogP contribution in [0.2, 0.25) is 5.02 Å². The lowest BCUT2D eigenvalue weighted by Gasteiger charge is -2.11. The molecule has 3 heteroatoms. The molecule has 19 heavy (non-hydrogen) atoms. The van der Waals surface area contributed by atoms with Crippen molar-refractivity contribution in [3.63, 3.8) is 0 Å². The number of hydrogen-bond acceptors (Lipinski definition) is 2. The number of rotatable bonds is 4. The predicted molar refractivity (Wildman–Crippen MR) is 78.8 cm³/mol. The van der Waals surface area contributed by atoms with Gasteiger partial charge >= 0.3 is 0 Å². The van der Waals surface area contributed by atoms with Gasteiger partial charge in [-0.25, -0.2) is 0 Å². The Bertz CT molecular complexity index is 566. The van der Waals surface area contributed by atoms with Crippen molar-refractivity contribution in [1.82, 2.24) is 4.98 Å². The minimum absolute atomic E-state index is 0.438. The smallest absolute Gasteiger partial charge is 0.138 e. The fourth-order valence-corrected chi connectivity index (χ4v) is 2.05. The lowest BCUT2D eigenvalue weighted by atomic mass is 10.0. The quantitative estimate of drug-likeness (QED) is 0.804. The van der Waals surface area contributed by atoms with Gasteiger partial charge in [0.2, 0.25) is 0 Å². The van der Waals surface area contributed by atoms with Gasteiger partial charge in [-0.3, -0.25) is 4.98 Å². The molecular formula is C16H18ClNO. The molecule has 2 rings (SSSR count). The van der Waals surface area contributed by atoms with Crippen molar-refractivity contribution in [2.75, 3.05) is 0 Å². The third kappa shape index (κ3) is 3.48. The van der Waals surface area contributed by atoms with Crippen LogP contribution in [-0.4, -0.2) is 4.98 Å². The number of nitrogens with zero attached hydrogens (tertiary/aromatic N) is 1. The Morgan fingerprint density at radius 1 is 1.26 bits per heavy atom. The number of pyridine rings is 1. The highest BCUT2D eigenvalue weighted by atomic mass is 35.5. The summed E-state index contributed by atoms with van der Waals surface area (Å²) in [6.45, 7) is 6.75. The summed E-state index contributed by atoms with van der Waals surface area (Å²) in [6, 6.07) is 9.89. The van der Waals surface area contributed by atoms with E-state index < -0.39 is 0 Å². The molecule has 1 aromatic heterocycles. The van der Waals surface area contributed by atoms with E-state index in [1.165, 1.54) is 5.56 Å². The monoisotopic (exact) mass is 275 g/mol. The van der Waals surface area contributed by atoms with Gasteiger partial charge in [0.05, 0.1) is 10.7 Å². The zero-order chi connectivity index (χ0) is 13.8. The van der Waals surface area contributed by atoms with Crippen LogP contribution >= 0.6 is 11.6 Å². The Morgan fingerprint density at radius 3 is 2.68 bits per heavy atom. The van der Waals surface area contributed by atoms with Crippen molar-refractivity contribution < 1.29 is 4.74 Å². The molecule has 0 bridgehead atoms. The van der Waals surface area contributed by atoms with E-state index in [2.05, 4.69) is 24.9 Å². The predicted octanol–water partition coefficient (Wildman–Crippen LogP) is 4.75. The van der Waals surface area contributed by atoms with Crippen LogP contribution < -0.4 is 4.74 Å². The lowest BCUT2D eigenvalue weighted by Crippen LogP contribution is -2.01. The first-order valence-electron chi connectivity index (χ1n) is 6.40. The van der Waals surface area contributed by atoms with Gasteiger partial charge in [0.15, 0.2) is 0 Å². The SMILES string of the molecule is Cc1cccnc1COc1ccc(C(C)C)cc1Cl. The van der Waals surface area contributed by atoms with Gasteiger partial charge in [-0.05, 0) is 42.2 Å². The van der Waals surface area contributed by atoms with E-state index in [0.29, 0.717) is 23.3 Å². The fourth-order valence-electron chi connectivity index (χ4n) is 1.81. The number of ether oxygens (including phenoxy) is 1. The lowest BCUT2D eigenvalue weighted by molar-refractivity contribution is 0.300. The van der Waals surface area contributed by atoms with E-state index in [-0.39, 0.29) is 0 Å². The number of hydrogen-bond donors (Lipinski definition) is 0. The van der Waals surface area contributed by atoms with E-state index in [0.717, 1.165) is 11.3 Å². The Kier molecular flexibility index (Phi) is 4.43. The minimum atomic E-state index is 0.438. The summed E-state index contributed by atoms with van der Waals surface area (Å²) >= 11 is 6.23. The highest BCUT2D eigenvalue weighted by Gasteiger charge is 2.07. The van der Waals surface area contributed by atoms with Crippen molar-refractivity contribution in [2.24, 2.45) is 0 Å². The average molecular weight is 276 g/mol. The van der Waals surface area contributed by atoms with Gasteiger partial charge in [-0.1, -0.05) is 37.6 Å². The maximum atomic E-state index is 6.23. The molecule has 0 N–H and O–H groups in total. The van der Waals surface area contributed by atoms with E-state index >= 15 is 0 Å². The van der Waals surface area contributed by atoms with Crippen LogP contribution in [0.15, 0.2) is 36.5 Å². The third-order valence-electron chi connectivity index (χ3n) is 3.10. The van der Waals surface area contributed by atoms with Crippen LogP contribution in [0.1, 0.15) is 36.6 Å². The first kappa shape index (κ1) is 13.9. The van der Waals surface area contributed by atoms with Crippen molar-refractivity contribution in [3.05, 3.63) is 58.4 Å². The van der Waals surface area contributed by atoms with E-state index in [1.54, 1.807) is 6.20 Å². The summed E-state index contributed by atoms with van der Waals surface area (Å²) < 4.78 is 5.74. The zero-order valence-corrected chi connectivity index (χ0v) is 12.2. The normalized spacial score (nSPS) is 10.8. The Morgan fingerprint density at radius 2 is 2.05 bits per heavy atom. The largest absolute Gasteiger partial charge is 0.486 e. The highest BCUT2D eigenvalue weighted by molar-refractivity contribution is 6.32. The standard InChI is InChI=1S/C16H18ClNO/c1-11(2)13-6-7-16(14(17)9-13)19-10-15-12(3)5-4-8-18-15/h4-9,11H,10H2,1-3H3. The average Bonchev–Trinajstić information content (AvgIpc) is 2.39. The van der Waals surface area contributed by atoms with E-state index in [4.69, 9.17) is 16.3 Å². The molecular weight excluding hydrogens is 258 g/mol. The molecule has 0 aliphatic rings. The van der Waals surface area contributed by atoms with Crippen molar-refractivity contribution >= 4 is 11.6 Å². The van der Waals surface area contributed by atoms with Crippen LogP contribution in [0.5, 0.6) is 5.75 Å². The van der Waals surface area contributed by atoms with Crippen molar-refractivity contribution in [2.45, 2.75) is 33.3 Å². The van der Waals surface area contributed by atoms with Crippen LogP contribution in [0, 0.1) is 6.92 Å². The first-order valence-corrected chi connectivity index (χ1v) is 6.78. The molecule has 2 aromatic rings. The molecule has 0 amide bonds. The van der Waals surface area contributed by atoms with Gasteiger partial charge < -0.3 is 4.74 Å². The summed E-state index contributed by atoms with van der Waals surface area (Å²) in [6.07, 6.45) is 1.77. The molecule has 2 nitrogen and oxygen atoms in total. The maximum Gasteiger partial charge on any atom is 0.138 e. The summed E-state index contributed by atoms with van der Waals surface area (Å²) in [7, 11) is 0. The van der Waals surface area contributed by atoms with E-state index in [9.17, 15) is 0 Å². The molecule has 0 saturated heterocycles.